The van der Waals surface area contributed by atoms with Gasteiger partial charge in [0.2, 0.25) is 0 Å². The molecule has 0 amide bonds. The second kappa shape index (κ2) is 8.61. The maximum Gasteiger partial charge on any atom is 0.416 e. The smallest absolute Gasteiger partial charge is 0.207 e. The van der Waals surface area contributed by atoms with E-state index >= 15 is 0 Å². The third-order valence-corrected chi connectivity index (χ3v) is 3.55. The molecule has 136 valence electrons. The van der Waals surface area contributed by atoms with Gasteiger partial charge in [-0.3, -0.25) is 0 Å². The summed E-state index contributed by atoms with van der Waals surface area (Å²) >= 11 is 0. The quantitative estimate of drug-likeness (QED) is 0.451. The van der Waals surface area contributed by atoms with E-state index in [2.05, 4.69) is 19.1 Å². The van der Waals surface area contributed by atoms with Crippen LogP contribution in [-0.4, -0.2) is 0 Å². The van der Waals surface area contributed by atoms with Gasteiger partial charge >= 0.3 is 6.18 Å². The number of hydrogen-bond donors (Lipinski definition) is 0. The van der Waals surface area contributed by atoms with Crippen molar-refractivity contribution in [1.29, 1.82) is 0 Å². The molecule has 3 rings (SSSR count). The normalized spacial score (nSPS) is 10.8. The molecule has 0 bridgehead atoms. The lowest BCUT2D eigenvalue weighted by atomic mass is 10.0. The summed E-state index contributed by atoms with van der Waals surface area (Å²) in [7, 11) is 0. The Balaban J connectivity index is 0.000000290. The molecule has 0 spiro atoms. The third kappa shape index (κ3) is 6.31. The Labute approximate surface area is 148 Å². The van der Waals surface area contributed by atoms with Crippen LogP contribution >= 0.6 is 0 Å². The van der Waals surface area contributed by atoms with E-state index in [9.17, 15) is 22.0 Å². The van der Waals surface area contributed by atoms with Crippen molar-refractivity contribution >= 4 is 0 Å². The average Bonchev–Trinajstić information content (AvgIpc) is 2.57. The minimum Gasteiger partial charge on any atom is -0.207 e. The third-order valence-electron chi connectivity index (χ3n) is 3.55. The van der Waals surface area contributed by atoms with E-state index in [1.54, 1.807) is 0 Å². The number of halogens is 5. The van der Waals surface area contributed by atoms with Gasteiger partial charge in [0.25, 0.3) is 0 Å². The van der Waals surface area contributed by atoms with Crippen LogP contribution in [0.25, 0.3) is 0 Å². The zero-order valence-corrected chi connectivity index (χ0v) is 14.0. The Morgan fingerprint density at radius 2 is 1.31 bits per heavy atom. The zero-order chi connectivity index (χ0) is 19.2. The van der Waals surface area contributed by atoms with Crippen molar-refractivity contribution in [3.63, 3.8) is 0 Å². The Kier molecular flexibility index (Phi) is 6.50. The molecule has 0 heterocycles. The summed E-state index contributed by atoms with van der Waals surface area (Å²) in [4.78, 5) is 0. The Hall–Kier alpha value is -2.69. The maximum atomic E-state index is 13.2. The first-order valence-corrected chi connectivity index (χ1v) is 7.87. The van der Waals surface area contributed by atoms with Crippen LogP contribution in [0.15, 0.2) is 72.8 Å². The van der Waals surface area contributed by atoms with Crippen LogP contribution in [0.5, 0.6) is 0 Å². The van der Waals surface area contributed by atoms with Gasteiger partial charge < -0.3 is 0 Å². The van der Waals surface area contributed by atoms with Crippen molar-refractivity contribution in [2.75, 3.05) is 0 Å². The van der Waals surface area contributed by atoms with E-state index in [4.69, 9.17) is 0 Å². The lowest BCUT2D eigenvalue weighted by Crippen LogP contribution is -2.06. The van der Waals surface area contributed by atoms with Crippen molar-refractivity contribution in [3.8, 4) is 0 Å². The van der Waals surface area contributed by atoms with Crippen molar-refractivity contribution < 1.29 is 22.0 Å². The van der Waals surface area contributed by atoms with Gasteiger partial charge in [-0.15, -0.1) is 0 Å². The van der Waals surface area contributed by atoms with E-state index in [0.717, 1.165) is 12.1 Å². The first kappa shape index (κ1) is 19.6. The molecule has 0 aliphatic carbocycles. The highest BCUT2D eigenvalue weighted by Crippen LogP contribution is 2.30. The summed E-state index contributed by atoms with van der Waals surface area (Å²) in [6.07, 6.45) is -4.47. The summed E-state index contributed by atoms with van der Waals surface area (Å²) in [5.41, 5.74) is 1.10. The van der Waals surface area contributed by atoms with E-state index in [-0.39, 0.29) is 12.0 Å². The molecule has 5 heteroatoms. The predicted molar refractivity (Wildman–Crippen MR) is 91.8 cm³/mol. The molecular weight excluding hydrogens is 347 g/mol. The summed E-state index contributed by atoms with van der Waals surface area (Å²) in [5, 5.41) is 0. The maximum absolute atomic E-state index is 13.2. The summed E-state index contributed by atoms with van der Waals surface area (Å²) < 4.78 is 63.4. The molecule has 0 aliphatic heterocycles. The standard InChI is InChI=1S/C14H9F5.C7H8/c15-12-3-1-9(2-4-12)5-10-6-11(14(17,18)19)8-13(16)7-10;1-7-5-3-2-4-6-7/h1-4,6-8H,5H2;2-6H,1H3. The molecule has 0 atom stereocenters. The van der Waals surface area contributed by atoms with Gasteiger partial charge in [0.15, 0.2) is 0 Å². The molecule has 0 aromatic heterocycles. The number of rotatable bonds is 2. The van der Waals surface area contributed by atoms with E-state index in [0.29, 0.717) is 11.6 Å². The first-order chi connectivity index (χ1) is 12.2. The lowest BCUT2D eigenvalue weighted by Gasteiger charge is -2.09. The minimum atomic E-state index is -4.58. The predicted octanol–water partition coefficient (Wildman–Crippen LogP) is 6.57. The fourth-order valence-corrected chi connectivity index (χ4v) is 2.29. The highest BCUT2D eigenvalue weighted by molar-refractivity contribution is 5.31. The monoisotopic (exact) mass is 364 g/mol. The number of hydrogen-bond acceptors (Lipinski definition) is 0. The van der Waals surface area contributed by atoms with Gasteiger partial charge in [-0.2, -0.15) is 13.2 Å². The summed E-state index contributed by atoms with van der Waals surface area (Å²) in [6, 6.07) is 18.0. The fourth-order valence-electron chi connectivity index (χ4n) is 2.29. The van der Waals surface area contributed by atoms with Gasteiger partial charge in [0.1, 0.15) is 11.6 Å². The van der Waals surface area contributed by atoms with Gasteiger partial charge in [0.05, 0.1) is 5.56 Å². The molecule has 0 fully saturated rings. The highest BCUT2D eigenvalue weighted by Gasteiger charge is 2.31. The fraction of sp³-hybridized carbons (Fsp3) is 0.143. The van der Waals surface area contributed by atoms with Crippen molar-refractivity contribution in [2.24, 2.45) is 0 Å². The molecular formula is C21H17F5. The molecule has 0 radical (unpaired) electrons. The van der Waals surface area contributed by atoms with Crippen LogP contribution in [0.2, 0.25) is 0 Å². The number of aryl methyl sites for hydroxylation is 1. The average molecular weight is 364 g/mol. The Morgan fingerprint density at radius 3 is 1.81 bits per heavy atom. The van der Waals surface area contributed by atoms with E-state index < -0.39 is 23.4 Å². The molecule has 3 aromatic rings. The van der Waals surface area contributed by atoms with Crippen LogP contribution in [0.3, 0.4) is 0 Å². The molecule has 3 aromatic carbocycles. The van der Waals surface area contributed by atoms with Gasteiger partial charge in [-0.05, 0) is 54.8 Å². The van der Waals surface area contributed by atoms with Gasteiger partial charge in [0, 0.05) is 0 Å². The number of alkyl halides is 3. The molecule has 0 aliphatic rings. The number of benzene rings is 3. The van der Waals surface area contributed by atoms with Gasteiger partial charge in [-0.1, -0.05) is 48.0 Å². The summed E-state index contributed by atoms with van der Waals surface area (Å²) in [6.45, 7) is 2.08. The zero-order valence-electron chi connectivity index (χ0n) is 14.0. The van der Waals surface area contributed by atoms with Crippen LogP contribution < -0.4 is 0 Å². The first-order valence-electron chi connectivity index (χ1n) is 7.87. The summed E-state index contributed by atoms with van der Waals surface area (Å²) in [5.74, 6) is -1.37. The largest absolute Gasteiger partial charge is 0.416 e. The van der Waals surface area contributed by atoms with E-state index in [1.165, 1.54) is 29.8 Å². The molecule has 0 saturated heterocycles. The second-order valence-electron chi connectivity index (χ2n) is 5.80. The highest BCUT2D eigenvalue weighted by atomic mass is 19.4. The van der Waals surface area contributed by atoms with Crippen LogP contribution in [0, 0.1) is 18.6 Å². The minimum absolute atomic E-state index is 0.112. The molecule has 0 unspecified atom stereocenters. The van der Waals surface area contributed by atoms with Crippen LogP contribution in [0.4, 0.5) is 22.0 Å². The van der Waals surface area contributed by atoms with Crippen molar-refractivity contribution in [3.05, 3.63) is 107 Å². The van der Waals surface area contributed by atoms with Crippen LogP contribution in [0.1, 0.15) is 22.3 Å². The molecule has 0 nitrogen and oxygen atoms in total. The second-order valence-corrected chi connectivity index (χ2v) is 5.80. The molecule has 26 heavy (non-hydrogen) atoms. The van der Waals surface area contributed by atoms with Crippen molar-refractivity contribution in [2.45, 2.75) is 19.5 Å². The lowest BCUT2D eigenvalue weighted by molar-refractivity contribution is -0.137. The Morgan fingerprint density at radius 1 is 0.692 bits per heavy atom. The van der Waals surface area contributed by atoms with E-state index in [1.807, 2.05) is 18.2 Å². The topological polar surface area (TPSA) is 0 Å². The van der Waals surface area contributed by atoms with Gasteiger partial charge in [-0.25, -0.2) is 8.78 Å². The molecule has 0 saturated carbocycles. The van der Waals surface area contributed by atoms with Crippen molar-refractivity contribution in [1.82, 2.24) is 0 Å². The van der Waals surface area contributed by atoms with Crippen LogP contribution in [-0.2, 0) is 12.6 Å². The SMILES string of the molecule is Cc1ccccc1.Fc1ccc(Cc2cc(F)cc(C(F)(F)F)c2)cc1. The molecule has 0 N–H and O–H groups in total. The Bertz CT molecular complexity index is 821.